The van der Waals surface area contributed by atoms with Gasteiger partial charge in [0.25, 0.3) is 0 Å². The average Bonchev–Trinajstić information content (AvgIpc) is 1.82. The number of β-lactam (4-membered cyclic amide) rings is 1. The van der Waals surface area contributed by atoms with Crippen LogP contribution in [0.3, 0.4) is 0 Å². The Labute approximate surface area is 64.9 Å². The molecule has 0 aromatic carbocycles. The van der Waals surface area contributed by atoms with E-state index >= 15 is 0 Å². The molecule has 0 spiro atoms. The zero-order chi connectivity index (χ0) is 8.43. The number of amides is 1. The summed E-state index contributed by atoms with van der Waals surface area (Å²) >= 11 is 0. The summed E-state index contributed by atoms with van der Waals surface area (Å²) < 4.78 is 4.82. The largest absolute Gasteiger partial charge is 0.462 e. The SMILES string of the molecule is CC(=O)OC(C)C1CNC1=O. The van der Waals surface area contributed by atoms with Crippen LogP contribution in [0, 0.1) is 5.92 Å². The van der Waals surface area contributed by atoms with Gasteiger partial charge < -0.3 is 10.1 Å². The van der Waals surface area contributed by atoms with Gasteiger partial charge in [0, 0.05) is 13.5 Å². The van der Waals surface area contributed by atoms with Gasteiger partial charge in [-0.1, -0.05) is 0 Å². The zero-order valence-electron chi connectivity index (χ0n) is 6.59. The van der Waals surface area contributed by atoms with Gasteiger partial charge in [0.05, 0.1) is 5.92 Å². The van der Waals surface area contributed by atoms with E-state index in [4.69, 9.17) is 4.74 Å². The molecule has 1 N–H and O–H groups in total. The molecule has 4 nitrogen and oxygen atoms in total. The van der Waals surface area contributed by atoms with Gasteiger partial charge in [0.2, 0.25) is 5.91 Å². The molecule has 1 aliphatic heterocycles. The van der Waals surface area contributed by atoms with Crippen molar-refractivity contribution in [3.63, 3.8) is 0 Å². The normalized spacial score (nSPS) is 24.9. The van der Waals surface area contributed by atoms with Crippen LogP contribution < -0.4 is 5.32 Å². The van der Waals surface area contributed by atoms with Gasteiger partial charge in [0.15, 0.2) is 0 Å². The summed E-state index contributed by atoms with van der Waals surface area (Å²) in [7, 11) is 0. The molecule has 11 heavy (non-hydrogen) atoms. The van der Waals surface area contributed by atoms with E-state index in [9.17, 15) is 9.59 Å². The van der Waals surface area contributed by atoms with Gasteiger partial charge in [-0.05, 0) is 6.92 Å². The summed E-state index contributed by atoms with van der Waals surface area (Å²) in [5, 5.41) is 2.58. The second-order valence-electron chi connectivity index (χ2n) is 2.67. The minimum atomic E-state index is -0.336. The fourth-order valence-corrected chi connectivity index (χ4v) is 1.03. The Hall–Kier alpha value is -1.06. The lowest BCUT2D eigenvalue weighted by molar-refractivity contribution is -0.153. The number of nitrogens with one attached hydrogen (secondary N) is 1. The van der Waals surface area contributed by atoms with Gasteiger partial charge in [-0.2, -0.15) is 0 Å². The van der Waals surface area contributed by atoms with Crippen molar-refractivity contribution in [2.75, 3.05) is 6.54 Å². The van der Waals surface area contributed by atoms with E-state index in [1.165, 1.54) is 6.92 Å². The molecular weight excluding hydrogens is 146 g/mol. The van der Waals surface area contributed by atoms with Gasteiger partial charge in [-0.3, -0.25) is 9.59 Å². The molecule has 1 amide bonds. The molecule has 2 unspecified atom stereocenters. The number of hydrogen-bond acceptors (Lipinski definition) is 3. The number of hydrogen-bond donors (Lipinski definition) is 1. The molecule has 0 aromatic heterocycles. The summed E-state index contributed by atoms with van der Waals surface area (Å²) in [6, 6.07) is 0. The first-order chi connectivity index (χ1) is 5.11. The van der Waals surface area contributed by atoms with Gasteiger partial charge in [0.1, 0.15) is 6.10 Å². The molecule has 2 atom stereocenters. The van der Waals surface area contributed by atoms with Crippen LogP contribution in [0.1, 0.15) is 13.8 Å². The Morgan fingerprint density at radius 1 is 1.82 bits per heavy atom. The van der Waals surface area contributed by atoms with Crippen molar-refractivity contribution in [3.8, 4) is 0 Å². The van der Waals surface area contributed by atoms with Crippen LogP contribution in [0.2, 0.25) is 0 Å². The molecular formula is C7H11NO3. The minimum absolute atomic E-state index is 0.0289. The standard InChI is InChI=1S/C7H11NO3/c1-4(11-5(2)9)6-3-8-7(6)10/h4,6H,3H2,1-2H3,(H,8,10). The summed E-state index contributed by atoms with van der Waals surface area (Å²) in [4.78, 5) is 21.2. The fourth-order valence-electron chi connectivity index (χ4n) is 1.03. The second kappa shape index (κ2) is 2.90. The van der Waals surface area contributed by atoms with Crippen LogP contribution in [-0.2, 0) is 14.3 Å². The predicted octanol–water partition coefficient (Wildman–Crippen LogP) is -0.316. The third-order valence-corrected chi connectivity index (χ3v) is 1.75. The van der Waals surface area contributed by atoms with Crippen LogP contribution in [-0.4, -0.2) is 24.5 Å². The Balaban J connectivity index is 2.35. The lowest BCUT2D eigenvalue weighted by atomic mass is 9.96. The second-order valence-corrected chi connectivity index (χ2v) is 2.67. The molecule has 0 radical (unpaired) electrons. The maximum atomic E-state index is 10.8. The Morgan fingerprint density at radius 2 is 2.45 bits per heavy atom. The van der Waals surface area contributed by atoms with Crippen LogP contribution in [0.25, 0.3) is 0 Å². The third-order valence-electron chi connectivity index (χ3n) is 1.75. The first kappa shape index (κ1) is 8.04. The quantitative estimate of drug-likeness (QED) is 0.441. The van der Waals surface area contributed by atoms with E-state index in [1.807, 2.05) is 0 Å². The van der Waals surface area contributed by atoms with Crippen molar-refractivity contribution in [3.05, 3.63) is 0 Å². The number of ether oxygens (including phenoxy) is 1. The van der Waals surface area contributed by atoms with Crippen LogP contribution in [0.5, 0.6) is 0 Å². The van der Waals surface area contributed by atoms with E-state index in [1.54, 1.807) is 6.92 Å². The summed E-state index contributed by atoms with van der Waals surface area (Å²) in [6.07, 6.45) is -0.291. The third kappa shape index (κ3) is 1.69. The summed E-state index contributed by atoms with van der Waals surface area (Å²) in [6.45, 7) is 3.69. The van der Waals surface area contributed by atoms with Crippen LogP contribution in [0.15, 0.2) is 0 Å². The first-order valence-corrected chi connectivity index (χ1v) is 3.56. The average molecular weight is 157 g/mol. The lowest BCUT2D eigenvalue weighted by Gasteiger charge is -2.30. The number of esters is 1. The van der Waals surface area contributed by atoms with E-state index in [0.29, 0.717) is 6.54 Å². The minimum Gasteiger partial charge on any atom is -0.462 e. The molecule has 0 bridgehead atoms. The van der Waals surface area contributed by atoms with Crippen molar-refractivity contribution in [2.45, 2.75) is 20.0 Å². The van der Waals surface area contributed by atoms with E-state index in [-0.39, 0.29) is 23.9 Å². The van der Waals surface area contributed by atoms with Gasteiger partial charge >= 0.3 is 5.97 Å². The highest BCUT2D eigenvalue weighted by molar-refractivity contribution is 5.85. The number of carbonyl (C=O) groups excluding carboxylic acids is 2. The molecule has 62 valence electrons. The van der Waals surface area contributed by atoms with Crippen molar-refractivity contribution in [1.29, 1.82) is 0 Å². The molecule has 4 heteroatoms. The first-order valence-electron chi connectivity index (χ1n) is 3.56. The molecule has 0 aromatic rings. The van der Waals surface area contributed by atoms with Crippen molar-refractivity contribution in [2.24, 2.45) is 5.92 Å². The van der Waals surface area contributed by atoms with E-state index in [0.717, 1.165) is 0 Å². The lowest BCUT2D eigenvalue weighted by Crippen LogP contribution is -2.54. The number of rotatable bonds is 2. The van der Waals surface area contributed by atoms with Gasteiger partial charge in [-0.25, -0.2) is 0 Å². The maximum Gasteiger partial charge on any atom is 0.302 e. The fraction of sp³-hybridized carbons (Fsp3) is 0.714. The Kier molecular flexibility index (Phi) is 2.12. The molecule has 1 fully saturated rings. The molecule has 0 saturated carbocycles. The molecule has 1 aliphatic rings. The predicted molar refractivity (Wildman–Crippen MR) is 37.7 cm³/mol. The monoisotopic (exact) mass is 157 g/mol. The smallest absolute Gasteiger partial charge is 0.302 e. The highest BCUT2D eigenvalue weighted by Gasteiger charge is 2.34. The topological polar surface area (TPSA) is 55.4 Å². The Bertz CT molecular complexity index is 190. The van der Waals surface area contributed by atoms with E-state index < -0.39 is 0 Å². The van der Waals surface area contributed by atoms with E-state index in [2.05, 4.69) is 5.32 Å². The molecule has 1 rings (SSSR count). The number of carbonyl (C=O) groups is 2. The maximum absolute atomic E-state index is 10.8. The highest BCUT2D eigenvalue weighted by atomic mass is 16.5. The summed E-state index contributed by atoms with van der Waals surface area (Å²) in [5.41, 5.74) is 0. The highest BCUT2D eigenvalue weighted by Crippen LogP contribution is 2.13. The zero-order valence-corrected chi connectivity index (χ0v) is 6.59. The van der Waals surface area contributed by atoms with Crippen LogP contribution in [0.4, 0.5) is 0 Å². The molecule has 1 saturated heterocycles. The van der Waals surface area contributed by atoms with Gasteiger partial charge in [-0.15, -0.1) is 0 Å². The van der Waals surface area contributed by atoms with Crippen molar-refractivity contribution in [1.82, 2.24) is 5.32 Å². The molecule has 0 aliphatic carbocycles. The summed E-state index contributed by atoms with van der Waals surface area (Å²) in [5.74, 6) is -0.505. The van der Waals surface area contributed by atoms with Crippen molar-refractivity contribution < 1.29 is 14.3 Å². The molecule has 1 heterocycles. The van der Waals surface area contributed by atoms with Crippen molar-refractivity contribution >= 4 is 11.9 Å². The van der Waals surface area contributed by atoms with Crippen LogP contribution >= 0.6 is 0 Å². The Morgan fingerprint density at radius 3 is 2.73 bits per heavy atom.